The van der Waals surface area contributed by atoms with Crippen molar-refractivity contribution in [2.75, 3.05) is 11.9 Å². The van der Waals surface area contributed by atoms with Crippen LogP contribution in [0.3, 0.4) is 0 Å². The highest BCUT2D eigenvalue weighted by Crippen LogP contribution is 2.23. The van der Waals surface area contributed by atoms with Crippen molar-refractivity contribution >= 4 is 29.9 Å². The molecule has 2 heterocycles. The largest absolute Gasteiger partial charge is 0.364 e. The zero-order valence-corrected chi connectivity index (χ0v) is 14.8. The molecule has 2 aromatic rings. The summed E-state index contributed by atoms with van der Waals surface area (Å²) in [6, 6.07) is 9.25. The van der Waals surface area contributed by atoms with Crippen molar-refractivity contribution in [2.45, 2.75) is 25.8 Å². The molecule has 2 atom stereocenters. The van der Waals surface area contributed by atoms with Crippen LogP contribution in [-0.4, -0.2) is 34.2 Å². The average molecular weight is 364 g/mol. The van der Waals surface area contributed by atoms with Crippen molar-refractivity contribution in [2.24, 2.45) is 11.7 Å². The molecule has 0 bridgehead atoms. The van der Waals surface area contributed by atoms with E-state index in [0.29, 0.717) is 17.4 Å². The molecule has 0 aliphatic carbocycles. The fourth-order valence-corrected chi connectivity index (χ4v) is 2.97. The van der Waals surface area contributed by atoms with E-state index >= 15 is 0 Å². The maximum Gasteiger partial charge on any atom is 0.269 e. The third kappa shape index (κ3) is 4.37. The molecule has 2 amide bonds. The quantitative estimate of drug-likeness (QED) is 0.769. The van der Waals surface area contributed by atoms with Crippen molar-refractivity contribution < 1.29 is 9.59 Å². The minimum absolute atomic E-state index is 0. The summed E-state index contributed by atoms with van der Waals surface area (Å²) in [5, 5.41) is 10.5. The highest BCUT2D eigenvalue weighted by molar-refractivity contribution is 5.94. The molecule has 0 radical (unpaired) electrons. The number of rotatable bonds is 4. The molecule has 0 unspecified atom stereocenters. The van der Waals surface area contributed by atoms with E-state index < -0.39 is 5.91 Å². The molecule has 0 spiro atoms. The lowest BCUT2D eigenvalue weighted by Crippen LogP contribution is -2.40. The first kappa shape index (κ1) is 19.0. The molecule has 7 nitrogen and oxygen atoms in total. The number of piperidine rings is 1. The number of hydrogen-bond donors (Lipinski definition) is 3. The molecule has 1 aliphatic heterocycles. The molecular weight excluding hydrogens is 342 g/mol. The third-order valence-electron chi connectivity index (χ3n) is 4.24. The number of carbonyl (C=O) groups excluding carboxylic acids is 2. The first-order chi connectivity index (χ1) is 11.5. The zero-order chi connectivity index (χ0) is 17.1. The van der Waals surface area contributed by atoms with Gasteiger partial charge in [0, 0.05) is 18.2 Å². The first-order valence-electron chi connectivity index (χ1n) is 8.03. The predicted octanol–water partition coefficient (Wildman–Crippen LogP) is 1.72. The number of nitrogens with one attached hydrogen (secondary N) is 2. The topological polar surface area (TPSA) is 102 Å². The second kappa shape index (κ2) is 8.13. The molecule has 1 saturated heterocycles. The Balaban J connectivity index is 0.00000225. The summed E-state index contributed by atoms with van der Waals surface area (Å²) in [5.74, 6) is -0.579. The molecule has 1 aromatic carbocycles. The van der Waals surface area contributed by atoms with Gasteiger partial charge in [-0.25, -0.2) is 4.68 Å². The summed E-state index contributed by atoms with van der Waals surface area (Å²) in [5.41, 5.74) is 6.78. The van der Waals surface area contributed by atoms with Gasteiger partial charge in [-0.2, -0.15) is 5.10 Å². The van der Waals surface area contributed by atoms with Crippen molar-refractivity contribution in [3.63, 3.8) is 0 Å². The van der Waals surface area contributed by atoms with Gasteiger partial charge in [0.15, 0.2) is 0 Å². The highest BCUT2D eigenvalue weighted by atomic mass is 35.5. The zero-order valence-electron chi connectivity index (χ0n) is 13.9. The molecule has 0 saturated carbocycles. The van der Waals surface area contributed by atoms with Crippen molar-refractivity contribution in [1.29, 1.82) is 0 Å². The van der Waals surface area contributed by atoms with Crippen molar-refractivity contribution in [1.82, 2.24) is 15.1 Å². The predicted molar refractivity (Wildman–Crippen MR) is 98.1 cm³/mol. The lowest BCUT2D eigenvalue weighted by atomic mass is 9.92. The van der Waals surface area contributed by atoms with E-state index in [9.17, 15) is 9.59 Å². The van der Waals surface area contributed by atoms with Crippen LogP contribution in [0.4, 0.5) is 5.69 Å². The van der Waals surface area contributed by atoms with Gasteiger partial charge in [-0.05, 0) is 44.5 Å². The lowest BCUT2D eigenvalue weighted by molar-refractivity contribution is -0.120. The summed E-state index contributed by atoms with van der Waals surface area (Å²) >= 11 is 0. The average Bonchev–Trinajstić information content (AvgIpc) is 3.05. The van der Waals surface area contributed by atoms with E-state index in [1.54, 1.807) is 16.9 Å². The Hall–Kier alpha value is -2.38. The Bertz CT molecular complexity index is 761. The summed E-state index contributed by atoms with van der Waals surface area (Å²) in [7, 11) is 0. The number of hydrogen-bond acceptors (Lipinski definition) is 4. The SMILES string of the molecule is C[C@H]1C[C@@H](C(=O)Nc2ccccc2-n2ccc(C(N)=O)n2)CCN1.Cl. The standard InChI is InChI=1S/C17H21N5O2.ClH/c1-11-10-12(6-8-19-11)17(24)20-13-4-2-3-5-15(13)22-9-7-14(21-22)16(18)23;/h2-5,7,9,11-12,19H,6,8,10H2,1H3,(H2,18,23)(H,20,24);1H/t11-,12-;/m0./s1. The van der Waals surface area contributed by atoms with Crippen LogP contribution in [0.1, 0.15) is 30.3 Å². The van der Waals surface area contributed by atoms with Crippen LogP contribution in [-0.2, 0) is 4.79 Å². The van der Waals surface area contributed by atoms with Gasteiger partial charge in [-0.1, -0.05) is 12.1 Å². The van der Waals surface area contributed by atoms with Crippen LogP contribution in [0.5, 0.6) is 0 Å². The van der Waals surface area contributed by atoms with Crippen LogP contribution in [0.2, 0.25) is 0 Å². The number of nitrogens with two attached hydrogens (primary N) is 1. The van der Waals surface area contributed by atoms with Gasteiger partial charge in [0.1, 0.15) is 5.69 Å². The van der Waals surface area contributed by atoms with E-state index in [1.807, 2.05) is 24.3 Å². The fourth-order valence-electron chi connectivity index (χ4n) is 2.97. The van der Waals surface area contributed by atoms with Crippen molar-refractivity contribution in [3.05, 3.63) is 42.2 Å². The van der Waals surface area contributed by atoms with E-state index in [1.165, 1.54) is 0 Å². The second-order valence-electron chi connectivity index (χ2n) is 6.09. The minimum atomic E-state index is -0.584. The van der Waals surface area contributed by atoms with Crippen LogP contribution >= 0.6 is 12.4 Å². The molecule has 8 heteroatoms. The molecule has 1 fully saturated rings. The Labute approximate surface area is 152 Å². The van der Waals surface area contributed by atoms with E-state index in [-0.39, 0.29) is 29.9 Å². The van der Waals surface area contributed by atoms with E-state index in [0.717, 1.165) is 19.4 Å². The Morgan fingerprint density at radius 3 is 2.76 bits per heavy atom. The summed E-state index contributed by atoms with van der Waals surface area (Å²) in [6.07, 6.45) is 3.30. The number of primary amides is 1. The van der Waals surface area contributed by atoms with Crippen LogP contribution < -0.4 is 16.4 Å². The number of para-hydroxylation sites is 2. The number of benzene rings is 1. The molecule has 1 aromatic heterocycles. The van der Waals surface area contributed by atoms with Crippen LogP contribution in [0, 0.1) is 5.92 Å². The maximum atomic E-state index is 12.6. The number of amides is 2. The number of carbonyl (C=O) groups is 2. The minimum Gasteiger partial charge on any atom is -0.364 e. The fraction of sp³-hybridized carbons (Fsp3) is 0.353. The summed E-state index contributed by atoms with van der Waals surface area (Å²) < 4.78 is 1.54. The summed E-state index contributed by atoms with van der Waals surface area (Å²) in [4.78, 5) is 23.8. The monoisotopic (exact) mass is 363 g/mol. The van der Waals surface area contributed by atoms with Gasteiger partial charge in [-0.15, -0.1) is 12.4 Å². The number of aromatic nitrogens is 2. The smallest absolute Gasteiger partial charge is 0.269 e. The van der Waals surface area contributed by atoms with Gasteiger partial charge >= 0.3 is 0 Å². The van der Waals surface area contributed by atoms with Gasteiger partial charge in [0.2, 0.25) is 5.91 Å². The van der Waals surface area contributed by atoms with Gasteiger partial charge in [0.05, 0.1) is 11.4 Å². The molecule has 4 N–H and O–H groups in total. The van der Waals surface area contributed by atoms with Gasteiger partial charge in [-0.3, -0.25) is 9.59 Å². The Morgan fingerprint density at radius 2 is 2.08 bits per heavy atom. The molecule has 1 aliphatic rings. The van der Waals surface area contributed by atoms with Crippen molar-refractivity contribution in [3.8, 4) is 5.69 Å². The lowest BCUT2D eigenvalue weighted by Gasteiger charge is -2.27. The van der Waals surface area contributed by atoms with E-state index in [2.05, 4.69) is 22.7 Å². The third-order valence-corrected chi connectivity index (χ3v) is 4.24. The Kier molecular flexibility index (Phi) is 6.17. The highest BCUT2D eigenvalue weighted by Gasteiger charge is 2.25. The molecule has 3 rings (SSSR count). The summed E-state index contributed by atoms with van der Waals surface area (Å²) in [6.45, 7) is 2.94. The molecular formula is C17H22ClN5O2. The number of anilines is 1. The van der Waals surface area contributed by atoms with Crippen LogP contribution in [0.15, 0.2) is 36.5 Å². The van der Waals surface area contributed by atoms with E-state index in [4.69, 9.17) is 5.73 Å². The number of halogens is 1. The first-order valence-corrected chi connectivity index (χ1v) is 8.03. The molecule has 25 heavy (non-hydrogen) atoms. The molecule has 134 valence electrons. The van der Waals surface area contributed by atoms with Crippen LogP contribution in [0.25, 0.3) is 5.69 Å². The normalized spacial score (nSPS) is 19.7. The maximum absolute atomic E-state index is 12.6. The van der Waals surface area contributed by atoms with Gasteiger partial charge in [0.25, 0.3) is 5.91 Å². The Morgan fingerprint density at radius 1 is 1.32 bits per heavy atom. The second-order valence-corrected chi connectivity index (χ2v) is 6.09. The van der Waals surface area contributed by atoms with Gasteiger partial charge < -0.3 is 16.4 Å². The number of nitrogens with zero attached hydrogens (tertiary/aromatic N) is 2.